The molecule has 3 heteroatoms. The first-order valence-electron chi connectivity index (χ1n) is 11.7. The molecule has 0 radical (unpaired) electrons. The number of hydrogen-bond acceptors (Lipinski definition) is 0. The molecule has 0 aliphatic heterocycles. The molecule has 0 heterocycles. The minimum absolute atomic E-state index is 0. The third-order valence-corrected chi connectivity index (χ3v) is 10.9. The van der Waals surface area contributed by atoms with Gasteiger partial charge in [-0.1, -0.05) is 120 Å². The first kappa shape index (κ1) is 27.3. The number of hydrogen-bond donors (Lipinski definition) is 0. The molecule has 5 rings (SSSR count). The van der Waals surface area contributed by atoms with Crippen molar-refractivity contribution in [1.29, 1.82) is 0 Å². The second-order valence-electron chi connectivity index (χ2n) is 9.13. The normalized spacial score (nSPS) is 11.8. The Morgan fingerprint density at radius 1 is 0.486 bits per heavy atom. The van der Waals surface area contributed by atoms with Crippen molar-refractivity contribution in [2.45, 2.75) is 25.9 Å². The molecular weight excluding hydrogens is 502 g/mol. The molecule has 5 aromatic carbocycles. The van der Waals surface area contributed by atoms with Crippen LogP contribution in [0.1, 0.15) is 20.8 Å². The molecule has 0 spiro atoms. The molecule has 0 bridgehead atoms. The zero-order valence-electron chi connectivity index (χ0n) is 20.5. The van der Waals surface area contributed by atoms with Crippen LogP contribution in [0.4, 0.5) is 0 Å². The fraction of sp³-hybridized carbons (Fsp3) is 0.125. The summed E-state index contributed by atoms with van der Waals surface area (Å²) >= 11 is 0. The van der Waals surface area contributed by atoms with Gasteiger partial charge in [0.1, 0.15) is 0 Å². The molecule has 0 saturated carbocycles. The molecule has 1 unspecified atom stereocenters. The fourth-order valence-electron chi connectivity index (χ4n) is 4.13. The summed E-state index contributed by atoms with van der Waals surface area (Å²) in [6.45, 7) is 7.00. The molecule has 0 amide bonds. The topological polar surface area (TPSA) is 0 Å². The maximum Gasteiger partial charge on any atom is 2.00 e. The molecule has 35 heavy (non-hydrogen) atoms. The van der Waals surface area contributed by atoms with Gasteiger partial charge < -0.3 is 0 Å². The van der Waals surface area contributed by atoms with Gasteiger partial charge in [0.05, 0.1) is 0 Å². The first-order chi connectivity index (χ1) is 16.5. The van der Waals surface area contributed by atoms with Crippen molar-refractivity contribution in [3.05, 3.63) is 140 Å². The summed E-state index contributed by atoms with van der Waals surface area (Å²) in [4.78, 5) is 0. The smallest absolute Gasteiger partial charge is 0.213 e. The molecule has 0 N–H and O–H groups in total. The van der Waals surface area contributed by atoms with E-state index in [9.17, 15) is 0 Å². The summed E-state index contributed by atoms with van der Waals surface area (Å²) in [7, 11) is -0.664. The zero-order chi connectivity index (χ0) is 23.8. The van der Waals surface area contributed by atoms with Crippen LogP contribution >= 0.6 is 15.8 Å². The largest absolute Gasteiger partial charge is 2.00 e. The van der Waals surface area contributed by atoms with Gasteiger partial charge >= 0.3 is 17.1 Å². The van der Waals surface area contributed by atoms with Gasteiger partial charge in [-0.3, -0.25) is 0 Å². The van der Waals surface area contributed by atoms with Crippen molar-refractivity contribution in [3.8, 4) is 0 Å². The molecule has 1 atom stereocenters. The van der Waals surface area contributed by atoms with Gasteiger partial charge in [0.25, 0.3) is 0 Å². The molecule has 0 nitrogen and oxygen atoms in total. The maximum absolute atomic E-state index is 2.33. The van der Waals surface area contributed by atoms with Gasteiger partial charge in [0.15, 0.2) is 0 Å². The van der Waals surface area contributed by atoms with Crippen LogP contribution in [0.2, 0.25) is 0 Å². The van der Waals surface area contributed by atoms with Crippen LogP contribution in [0.5, 0.6) is 0 Å². The Hall–Kier alpha value is -2.26. The van der Waals surface area contributed by atoms with Gasteiger partial charge in [0.2, 0.25) is 0 Å². The summed E-state index contributed by atoms with van der Waals surface area (Å²) in [5.41, 5.74) is 0. The summed E-state index contributed by atoms with van der Waals surface area (Å²) in [5.74, 6) is 0. The standard InChI is InChI=1S/C17H14P.C15H18P.Fe/c1-3-9-15(10-4-1)18(17-13-7-8-14-17)16-11-5-2-6-12-16;1-15(2,3)16(14-11-7-8-12-14)13-9-5-4-6-10-13;/h1-14H;4-12H,1-3H3;/q2*-1;+2. The van der Waals surface area contributed by atoms with Gasteiger partial charge in [-0.05, 0) is 29.0 Å². The van der Waals surface area contributed by atoms with Crippen LogP contribution in [-0.2, 0) is 17.1 Å². The molecule has 178 valence electrons. The van der Waals surface area contributed by atoms with Gasteiger partial charge in [-0.25, -0.2) is 24.3 Å². The van der Waals surface area contributed by atoms with Crippen molar-refractivity contribution in [2.75, 3.05) is 0 Å². The minimum Gasteiger partial charge on any atom is -0.213 e. The zero-order valence-corrected chi connectivity index (χ0v) is 23.4. The van der Waals surface area contributed by atoms with Crippen molar-refractivity contribution in [2.24, 2.45) is 0 Å². The summed E-state index contributed by atoms with van der Waals surface area (Å²) < 4.78 is 0. The van der Waals surface area contributed by atoms with Gasteiger partial charge in [-0.15, -0.1) is 10.6 Å². The van der Waals surface area contributed by atoms with Crippen molar-refractivity contribution in [3.63, 3.8) is 0 Å². The van der Waals surface area contributed by atoms with Gasteiger partial charge in [-0.2, -0.15) is 24.3 Å². The molecule has 5 aromatic rings. The predicted octanol–water partition coefficient (Wildman–Crippen LogP) is 6.80. The number of rotatable bonds is 5. The summed E-state index contributed by atoms with van der Waals surface area (Å²) in [5, 5.41) is 7.49. The Morgan fingerprint density at radius 2 is 0.886 bits per heavy atom. The number of benzene rings is 3. The van der Waals surface area contributed by atoms with Crippen LogP contribution in [0.3, 0.4) is 0 Å². The van der Waals surface area contributed by atoms with E-state index in [0.29, 0.717) is 5.16 Å². The maximum atomic E-state index is 2.33. The fourth-order valence-corrected chi connectivity index (χ4v) is 9.22. The van der Waals surface area contributed by atoms with E-state index in [1.54, 1.807) is 0 Å². The van der Waals surface area contributed by atoms with Crippen molar-refractivity contribution >= 4 is 42.4 Å². The minimum atomic E-state index is -0.409. The molecule has 0 fully saturated rings. The van der Waals surface area contributed by atoms with Gasteiger partial charge in [0, 0.05) is 0 Å². The Labute approximate surface area is 224 Å². The second-order valence-corrected chi connectivity index (χ2v) is 14.4. The molecule has 0 saturated heterocycles. The van der Waals surface area contributed by atoms with E-state index >= 15 is 0 Å². The summed E-state index contributed by atoms with van der Waals surface area (Å²) in [6.07, 6.45) is 0. The Morgan fingerprint density at radius 3 is 1.26 bits per heavy atom. The Bertz CT molecular complexity index is 1170. The van der Waals surface area contributed by atoms with E-state index in [0.717, 1.165) is 0 Å². The predicted molar refractivity (Wildman–Crippen MR) is 155 cm³/mol. The quantitative estimate of drug-likeness (QED) is 0.132. The van der Waals surface area contributed by atoms with Crippen LogP contribution in [0.15, 0.2) is 140 Å². The van der Waals surface area contributed by atoms with Crippen molar-refractivity contribution in [1.82, 2.24) is 0 Å². The molecule has 0 aliphatic carbocycles. The van der Waals surface area contributed by atoms with E-state index in [1.165, 1.54) is 26.5 Å². The van der Waals surface area contributed by atoms with E-state index in [2.05, 4.69) is 160 Å². The average Bonchev–Trinajstić information content (AvgIpc) is 3.56. The SMILES string of the molecule is CC(C)(C)P(c1ccccc1)c1ccc[cH-]1.[Fe+2].c1ccc(P(c2ccccc2)c2ccc[cH-]2)cc1. The van der Waals surface area contributed by atoms with E-state index in [1.807, 2.05) is 0 Å². The molecule has 0 aliphatic rings. The average molecular weight is 534 g/mol. The van der Waals surface area contributed by atoms with E-state index < -0.39 is 7.92 Å². The third-order valence-electron chi connectivity index (χ3n) is 5.52. The Kier molecular flexibility index (Phi) is 10.3. The third kappa shape index (κ3) is 7.36. The van der Waals surface area contributed by atoms with Crippen LogP contribution in [0.25, 0.3) is 0 Å². The first-order valence-corrected chi connectivity index (χ1v) is 14.4. The van der Waals surface area contributed by atoms with Crippen LogP contribution < -0.4 is 26.5 Å². The van der Waals surface area contributed by atoms with Crippen LogP contribution in [0, 0.1) is 0 Å². The Balaban J connectivity index is 0.000000192. The van der Waals surface area contributed by atoms with Crippen molar-refractivity contribution < 1.29 is 17.1 Å². The summed E-state index contributed by atoms with van der Waals surface area (Å²) in [6, 6.07) is 49.9. The molecular formula is C32H32FeP2. The molecule has 0 aromatic heterocycles. The van der Waals surface area contributed by atoms with E-state index in [-0.39, 0.29) is 25.0 Å². The monoisotopic (exact) mass is 534 g/mol. The van der Waals surface area contributed by atoms with Crippen LogP contribution in [-0.4, -0.2) is 5.16 Å². The second kappa shape index (κ2) is 13.2. The van der Waals surface area contributed by atoms with E-state index in [4.69, 9.17) is 0 Å².